The number of halogens is 5. The number of carbonyl (C=O) groups excluding carboxylic acids is 1. The molecule has 1 aromatic heterocycles. The second-order valence-corrected chi connectivity index (χ2v) is 31.2. The Kier molecular flexibility index (Phi) is 32.4. The van der Waals surface area contributed by atoms with Crippen molar-refractivity contribution in [2.24, 2.45) is 4.99 Å². The zero-order valence-electron chi connectivity index (χ0n) is 65.6. The number of nitrogens with zero attached hydrogens (tertiary/aromatic N) is 7. The van der Waals surface area contributed by atoms with E-state index in [1.165, 1.54) is 134 Å². The molecule has 0 unspecified atom stereocenters. The van der Waals surface area contributed by atoms with Crippen LogP contribution in [0.3, 0.4) is 0 Å². The molecule has 13 rings (SSSR count). The molecular formula is C88H102Cl5CoN7O9-2. The Hall–Kier alpha value is -7.37. The second kappa shape index (κ2) is 38.9. The van der Waals surface area contributed by atoms with Gasteiger partial charge in [-0.25, -0.2) is 42.3 Å². The molecule has 0 amide bonds. The number of Topliss-reactive ketones (excluding diaryl/α,β-unsaturated/α-hetero) is 1. The van der Waals surface area contributed by atoms with Crippen LogP contribution in [0.2, 0.25) is 0 Å². The fourth-order valence-electron chi connectivity index (χ4n) is 16.0. The maximum Gasteiger partial charge on any atom is 0.223 e. The summed E-state index contributed by atoms with van der Waals surface area (Å²) in [6.45, 7) is 40.4. The second-order valence-electron chi connectivity index (χ2n) is 29.3. The molecule has 7 aromatic carbocycles. The topological polar surface area (TPSA) is 243 Å². The van der Waals surface area contributed by atoms with E-state index in [9.17, 15) is 4.79 Å². The van der Waals surface area contributed by atoms with E-state index in [0.29, 0.717) is 17.0 Å². The quantitative estimate of drug-likeness (QED) is 0.0659. The Labute approximate surface area is 682 Å². The summed E-state index contributed by atoms with van der Waals surface area (Å²) in [6.07, 6.45) is 24.7. The monoisotopic (exact) mass is 1630 g/mol. The van der Waals surface area contributed by atoms with Gasteiger partial charge >= 0.3 is 0 Å². The molecule has 0 atom stereocenters. The number of aryl methyl sites for hydroxylation is 1. The third kappa shape index (κ3) is 20.5. The van der Waals surface area contributed by atoms with Gasteiger partial charge in [0, 0.05) is 136 Å². The number of carbonyl (C=O) groups is 1. The molecule has 5 heterocycles. The molecule has 8 aromatic rings. The summed E-state index contributed by atoms with van der Waals surface area (Å²) >= 11 is 6.08. The SMILES string of the molecule is CCCCCN1C(=CC=CC2=[N+](CCCCC)c3ccc4ccccc4c3C2(C)C)C(C)(C)c2c1ccc1ccccc21.CCN(CC)c1ccc(N=C2C=C(Cl)C(=O)c3ncccc32)c(C)c1.CCN1C(=CC=CC2=[N+](CC)c3ccccc3C2(C)C)C(C)(C)c2ccccc21.[Cl-].[Cl-].[Co].[O-][Cl+3]([O-])([O-])[O-].[O-][Cl+3]([O-])([O-])[O-]. The molecule has 1 radical (unpaired) electrons. The van der Waals surface area contributed by atoms with E-state index >= 15 is 0 Å². The van der Waals surface area contributed by atoms with E-state index in [2.05, 4.69) is 296 Å². The number of anilines is 3. The van der Waals surface area contributed by atoms with E-state index in [4.69, 9.17) is 53.9 Å². The molecule has 22 heteroatoms. The van der Waals surface area contributed by atoms with E-state index in [1.807, 2.05) is 19.1 Å². The number of ketones is 1. The van der Waals surface area contributed by atoms with Crippen LogP contribution >= 0.6 is 11.6 Å². The first-order chi connectivity index (χ1) is 50.7. The number of benzene rings is 7. The van der Waals surface area contributed by atoms with Crippen molar-refractivity contribution in [3.05, 3.63) is 256 Å². The molecule has 589 valence electrons. The Bertz CT molecular complexity index is 4810. The van der Waals surface area contributed by atoms with Crippen LogP contribution in [-0.4, -0.2) is 76.3 Å². The number of unbranched alkanes of at least 4 members (excludes halogenated alkanes) is 4. The van der Waals surface area contributed by atoms with Gasteiger partial charge in [-0.1, -0.05) is 176 Å². The first-order valence-corrected chi connectivity index (χ1v) is 39.9. The van der Waals surface area contributed by atoms with Crippen molar-refractivity contribution in [1.29, 1.82) is 0 Å². The van der Waals surface area contributed by atoms with Crippen LogP contribution in [0.15, 0.2) is 222 Å². The van der Waals surface area contributed by atoms with Gasteiger partial charge in [0.15, 0.2) is 11.4 Å². The third-order valence-electron chi connectivity index (χ3n) is 21.1. The Morgan fingerprint density at radius 1 is 0.555 bits per heavy atom. The normalized spacial score (nSPS) is 17.0. The number of para-hydroxylation sites is 2. The molecule has 0 fully saturated rings. The molecule has 16 nitrogen and oxygen atoms in total. The molecule has 0 saturated heterocycles. The number of aliphatic imine (C=N–C) groups is 1. The summed E-state index contributed by atoms with van der Waals surface area (Å²) in [6, 6.07) is 54.6. The number of hydrogen-bond donors (Lipinski definition) is 0. The molecule has 0 bridgehead atoms. The number of aromatic nitrogens is 1. The predicted octanol–water partition coefficient (Wildman–Crippen LogP) is 6.50. The number of likely N-dealkylation sites (N-methyl/N-ethyl adjacent to an activating group) is 1. The van der Waals surface area contributed by atoms with E-state index in [0.717, 1.165) is 50.5 Å². The van der Waals surface area contributed by atoms with Crippen molar-refractivity contribution in [3.8, 4) is 0 Å². The van der Waals surface area contributed by atoms with Gasteiger partial charge in [-0.05, 0) is 180 Å². The molecule has 110 heavy (non-hydrogen) atoms. The van der Waals surface area contributed by atoms with Crippen molar-refractivity contribution in [3.63, 3.8) is 0 Å². The minimum absolute atomic E-state index is 0. The van der Waals surface area contributed by atoms with Gasteiger partial charge in [0.1, 0.15) is 18.8 Å². The first-order valence-electron chi connectivity index (χ1n) is 37.1. The molecule has 4 aliphatic heterocycles. The Morgan fingerprint density at radius 3 is 1.67 bits per heavy atom. The number of pyridine rings is 1. The minimum Gasteiger partial charge on any atom is -1.00 e. The summed E-state index contributed by atoms with van der Waals surface area (Å²) in [7, 11) is -9.89. The molecule has 5 aliphatic rings. The summed E-state index contributed by atoms with van der Waals surface area (Å²) in [5.41, 5.74) is 21.5. The van der Waals surface area contributed by atoms with E-state index in [1.54, 1.807) is 18.3 Å². The van der Waals surface area contributed by atoms with Crippen LogP contribution in [0.4, 0.5) is 34.1 Å². The smallest absolute Gasteiger partial charge is 0.223 e. The average molecular weight is 1640 g/mol. The number of hydrogen-bond acceptors (Lipinski definition) is 14. The van der Waals surface area contributed by atoms with Crippen LogP contribution in [0.1, 0.15) is 179 Å². The number of fused-ring (bicyclic) bond motifs is 9. The molecule has 0 N–H and O–H groups in total. The molecule has 1 aliphatic carbocycles. The maximum atomic E-state index is 12.1. The summed E-state index contributed by atoms with van der Waals surface area (Å²) in [4.78, 5) is 28.4. The Balaban J connectivity index is 0.000000247. The van der Waals surface area contributed by atoms with E-state index < -0.39 is 20.5 Å². The molecule has 0 spiro atoms. The fourth-order valence-corrected chi connectivity index (χ4v) is 16.2. The first kappa shape index (κ1) is 91.5. The van der Waals surface area contributed by atoms with Gasteiger partial charge in [-0.3, -0.25) is 9.78 Å². The summed E-state index contributed by atoms with van der Waals surface area (Å²) in [5, 5.41) is 5.57. The van der Waals surface area contributed by atoms with Crippen molar-refractivity contribution in [2.75, 3.05) is 54.0 Å². The van der Waals surface area contributed by atoms with Crippen molar-refractivity contribution < 1.29 is 113 Å². The van der Waals surface area contributed by atoms with Crippen LogP contribution in [0.25, 0.3) is 21.5 Å². The minimum atomic E-state index is -4.94. The predicted molar refractivity (Wildman–Crippen MR) is 415 cm³/mol. The van der Waals surface area contributed by atoms with Gasteiger partial charge in [-0.2, -0.15) is 9.15 Å². The van der Waals surface area contributed by atoms with Crippen molar-refractivity contribution >= 4 is 90.2 Å². The van der Waals surface area contributed by atoms with Gasteiger partial charge in [0.25, 0.3) is 0 Å². The standard InChI is InChI=1S/C41H49N2.C27H33N2.C20H20ClN3O.2ClHO4.2ClH.Co/c1-7-9-15-28-42-34-26-24-30-18-11-13-20-32(30)38(34)40(3,4)36(42)22-17-23-37-41(5,6)39-33-21-14-12-19-31(33)25-27-35(39)43(37)29-16-10-8-2;1-7-28-22-16-11-9-14-20(22)26(3,4)24(28)18-13-19-25-27(5,6)21-15-10-12-17-23(21)29(25)8-2;1-4-24(5-2)14-8-9-17(13(3)11-14)23-18-12-16(21)20(25)19-15(18)7-6-10-22-19;2*2-1(3,4)5;;;/h11-14,17-27H,7-10,15-16,28-29H2,1-6H3;9-19H,7-8H2,1-6H3;6-12H,4-5H2,1-3H3;2*(H,2,3,4,5);2*1H;/q2*+1;;;;;;/p-4. The largest absolute Gasteiger partial charge is 1.00 e. The zero-order chi connectivity index (χ0) is 78.0. The fraction of sp³-hybridized carbons (Fsp3) is 0.352. The van der Waals surface area contributed by atoms with Crippen molar-refractivity contribution in [2.45, 2.75) is 164 Å². The third-order valence-corrected chi connectivity index (χ3v) is 21.3. The van der Waals surface area contributed by atoms with Crippen LogP contribution < -0.4 is 76.8 Å². The maximum absolute atomic E-state index is 12.1. The van der Waals surface area contributed by atoms with Crippen LogP contribution in [-0.2, 0) is 38.4 Å². The van der Waals surface area contributed by atoms with Crippen LogP contribution in [0.5, 0.6) is 0 Å². The average Bonchev–Trinajstić information content (AvgIpc) is 1.55. The van der Waals surface area contributed by atoms with E-state index in [-0.39, 0.29) is 74.1 Å². The molecule has 0 saturated carbocycles. The van der Waals surface area contributed by atoms with Gasteiger partial charge in [-0.15, -0.1) is 20.5 Å². The number of allylic oxidation sites excluding steroid dienone is 10. The summed E-state index contributed by atoms with van der Waals surface area (Å²) < 4.78 is 73.0. The summed E-state index contributed by atoms with van der Waals surface area (Å²) in [5.74, 6) is -0.259. The van der Waals surface area contributed by atoms with Crippen LogP contribution in [0, 0.1) is 27.4 Å². The van der Waals surface area contributed by atoms with Crippen molar-refractivity contribution in [1.82, 2.24) is 4.98 Å². The van der Waals surface area contributed by atoms with Gasteiger partial charge in [0.2, 0.25) is 17.2 Å². The van der Waals surface area contributed by atoms with Gasteiger partial charge < -0.3 is 39.5 Å². The Morgan fingerprint density at radius 2 is 1.09 bits per heavy atom. The number of rotatable bonds is 18. The van der Waals surface area contributed by atoms with Gasteiger partial charge in [0.05, 0.1) is 27.3 Å². The zero-order valence-corrected chi connectivity index (χ0v) is 70.4. The molecular weight excluding hydrogens is 1540 g/mol.